The maximum absolute atomic E-state index is 10.1. The molecule has 3 aromatic heterocycles. The van der Waals surface area contributed by atoms with Crippen LogP contribution >= 0.6 is 23.1 Å². The largest absolute Gasteiger partial charge is 0.469 e. The van der Waals surface area contributed by atoms with Gasteiger partial charge in [0, 0.05) is 17.7 Å². The minimum Gasteiger partial charge on any atom is -0.469 e. The molecule has 0 aliphatic heterocycles. The zero-order chi connectivity index (χ0) is 16.9. The SMILES string of the molecule is Cc1occc1-c1nnc(SC[C@@H](O)COCc2cccs2)n1C. The Morgan fingerprint density at radius 3 is 3.00 bits per heavy atom. The quantitative estimate of drug-likeness (QED) is 0.618. The average molecular weight is 365 g/mol. The van der Waals surface area contributed by atoms with Crippen molar-refractivity contribution in [1.29, 1.82) is 0 Å². The monoisotopic (exact) mass is 365 g/mol. The summed E-state index contributed by atoms with van der Waals surface area (Å²) in [4.78, 5) is 1.16. The van der Waals surface area contributed by atoms with Crippen LogP contribution in [0.15, 0.2) is 39.4 Å². The van der Waals surface area contributed by atoms with Gasteiger partial charge in [0.1, 0.15) is 5.76 Å². The normalized spacial score (nSPS) is 12.6. The van der Waals surface area contributed by atoms with E-state index in [1.807, 2.05) is 42.1 Å². The Balaban J connectivity index is 1.49. The van der Waals surface area contributed by atoms with Crippen molar-refractivity contribution in [1.82, 2.24) is 14.8 Å². The number of rotatable bonds is 8. The molecule has 8 heteroatoms. The third-order valence-electron chi connectivity index (χ3n) is 3.47. The maximum Gasteiger partial charge on any atom is 0.191 e. The second-order valence-electron chi connectivity index (χ2n) is 5.31. The lowest BCUT2D eigenvalue weighted by molar-refractivity contribution is 0.0408. The molecule has 3 rings (SSSR count). The highest BCUT2D eigenvalue weighted by Gasteiger charge is 2.16. The summed E-state index contributed by atoms with van der Waals surface area (Å²) in [6.07, 6.45) is 1.09. The second-order valence-corrected chi connectivity index (χ2v) is 7.33. The Morgan fingerprint density at radius 1 is 1.42 bits per heavy atom. The van der Waals surface area contributed by atoms with Gasteiger partial charge in [0.05, 0.1) is 31.1 Å². The summed E-state index contributed by atoms with van der Waals surface area (Å²) in [6, 6.07) is 5.88. The lowest BCUT2D eigenvalue weighted by Crippen LogP contribution is -2.18. The summed E-state index contributed by atoms with van der Waals surface area (Å²) >= 11 is 3.11. The number of hydrogen-bond donors (Lipinski definition) is 1. The molecule has 0 spiro atoms. The fourth-order valence-electron chi connectivity index (χ4n) is 2.20. The van der Waals surface area contributed by atoms with Crippen molar-refractivity contribution in [3.63, 3.8) is 0 Å². The molecule has 0 saturated heterocycles. The number of aryl methyl sites for hydroxylation is 1. The molecule has 0 saturated carbocycles. The summed E-state index contributed by atoms with van der Waals surface area (Å²) in [7, 11) is 1.91. The van der Waals surface area contributed by atoms with Crippen LogP contribution in [0.5, 0.6) is 0 Å². The van der Waals surface area contributed by atoms with Crippen molar-refractivity contribution in [3.8, 4) is 11.4 Å². The lowest BCUT2D eigenvalue weighted by Gasteiger charge is -2.10. The van der Waals surface area contributed by atoms with Crippen molar-refractivity contribution >= 4 is 23.1 Å². The van der Waals surface area contributed by atoms with Gasteiger partial charge in [-0.05, 0) is 24.4 Å². The fourth-order valence-corrected chi connectivity index (χ4v) is 3.66. The fraction of sp³-hybridized carbons (Fsp3) is 0.375. The lowest BCUT2D eigenvalue weighted by atomic mass is 10.2. The van der Waals surface area contributed by atoms with Gasteiger partial charge in [0.15, 0.2) is 11.0 Å². The van der Waals surface area contributed by atoms with Crippen LogP contribution in [0.2, 0.25) is 0 Å². The van der Waals surface area contributed by atoms with E-state index in [1.165, 1.54) is 11.8 Å². The van der Waals surface area contributed by atoms with E-state index in [4.69, 9.17) is 9.15 Å². The number of furan rings is 1. The molecule has 3 heterocycles. The molecule has 0 fully saturated rings. The molecule has 0 radical (unpaired) electrons. The third kappa shape index (κ3) is 4.07. The molecule has 24 heavy (non-hydrogen) atoms. The predicted molar refractivity (Wildman–Crippen MR) is 94.1 cm³/mol. The number of aromatic nitrogens is 3. The first-order valence-electron chi connectivity index (χ1n) is 7.50. The van der Waals surface area contributed by atoms with Gasteiger partial charge in [-0.2, -0.15) is 0 Å². The van der Waals surface area contributed by atoms with Gasteiger partial charge in [-0.3, -0.25) is 0 Å². The van der Waals surface area contributed by atoms with Crippen molar-refractivity contribution in [2.24, 2.45) is 7.05 Å². The molecule has 3 aromatic rings. The van der Waals surface area contributed by atoms with E-state index < -0.39 is 6.10 Å². The van der Waals surface area contributed by atoms with Gasteiger partial charge in [-0.1, -0.05) is 17.8 Å². The molecule has 0 aromatic carbocycles. The van der Waals surface area contributed by atoms with E-state index in [2.05, 4.69) is 10.2 Å². The summed E-state index contributed by atoms with van der Waals surface area (Å²) < 4.78 is 12.7. The van der Waals surface area contributed by atoms with Crippen LogP contribution in [0, 0.1) is 6.92 Å². The van der Waals surface area contributed by atoms with Gasteiger partial charge < -0.3 is 18.8 Å². The highest BCUT2D eigenvalue weighted by atomic mass is 32.2. The van der Waals surface area contributed by atoms with E-state index in [0.717, 1.165) is 27.2 Å². The first-order chi connectivity index (χ1) is 11.6. The van der Waals surface area contributed by atoms with Crippen LogP contribution in [-0.2, 0) is 18.4 Å². The van der Waals surface area contributed by atoms with Crippen molar-refractivity contribution < 1.29 is 14.3 Å². The summed E-state index contributed by atoms with van der Waals surface area (Å²) in [5.74, 6) is 2.07. The zero-order valence-corrected chi connectivity index (χ0v) is 15.1. The number of hydrogen-bond acceptors (Lipinski definition) is 7. The van der Waals surface area contributed by atoms with Crippen LogP contribution in [0.3, 0.4) is 0 Å². The van der Waals surface area contributed by atoms with Crippen molar-refractivity contribution in [3.05, 3.63) is 40.5 Å². The zero-order valence-electron chi connectivity index (χ0n) is 13.5. The molecule has 1 N–H and O–H groups in total. The molecule has 0 amide bonds. The summed E-state index contributed by atoms with van der Waals surface area (Å²) in [6.45, 7) is 2.73. The predicted octanol–water partition coefficient (Wildman–Crippen LogP) is 3.11. The van der Waals surface area contributed by atoms with Gasteiger partial charge >= 0.3 is 0 Å². The number of thioether (sulfide) groups is 1. The topological polar surface area (TPSA) is 73.3 Å². The minimum absolute atomic E-state index is 0.302. The van der Waals surface area contributed by atoms with Crippen molar-refractivity contribution in [2.45, 2.75) is 24.8 Å². The molecule has 0 aliphatic rings. The second kappa shape index (κ2) is 7.98. The molecule has 1 atom stereocenters. The van der Waals surface area contributed by atoms with E-state index in [9.17, 15) is 5.11 Å². The van der Waals surface area contributed by atoms with Crippen LogP contribution in [-0.4, -0.2) is 38.3 Å². The standard InChI is InChI=1S/C16H19N3O3S2/c1-11-14(5-6-22-11)15-17-18-16(19(15)2)24-10-12(20)8-21-9-13-4-3-7-23-13/h3-7,12,20H,8-10H2,1-2H3/t12-/m0/s1. The Morgan fingerprint density at radius 2 is 2.29 bits per heavy atom. The molecule has 0 bridgehead atoms. The van der Waals surface area contributed by atoms with Gasteiger partial charge in [0.2, 0.25) is 0 Å². The number of ether oxygens (including phenoxy) is 1. The maximum atomic E-state index is 10.1. The third-order valence-corrected chi connectivity index (χ3v) is 5.49. The van der Waals surface area contributed by atoms with E-state index >= 15 is 0 Å². The molecular formula is C16H19N3O3S2. The van der Waals surface area contributed by atoms with Crippen LogP contribution in [0.25, 0.3) is 11.4 Å². The molecule has 0 aliphatic carbocycles. The van der Waals surface area contributed by atoms with Crippen molar-refractivity contribution in [2.75, 3.05) is 12.4 Å². The first-order valence-corrected chi connectivity index (χ1v) is 9.36. The highest BCUT2D eigenvalue weighted by Crippen LogP contribution is 2.26. The average Bonchev–Trinajstić information content (AvgIpc) is 3.28. The number of aliphatic hydroxyl groups is 1. The van der Waals surface area contributed by atoms with Gasteiger partial charge in [0.25, 0.3) is 0 Å². The summed E-state index contributed by atoms with van der Waals surface area (Å²) in [5.41, 5.74) is 0.927. The Labute approximate surface area is 148 Å². The van der Waals surface area contributed by atoms with E-state index in [1.54, 1.807) is 17.6 Å². The van der Waals surface area contributed by atoms with Crippen LogP contribution in [0.4, 0.5) is 0 Å². The first kappa shape index (κ1) is 17.2. The number of thiophene rings is 1. The molecule has 6 nitrogen and oxygen atoms in total. The smallest absolute Gasteiger partial charge is 0.191 e. The highest BCUT2D eigenvalue weighted by molar-refractivity contribution is 7.99. The van der Waals surface area contributed by atoms with E-state index in [-0.39, 0.29) is 0 Å². The van der Waals surface area contributed by atoms with E-state index in [0.29, 0.717) is 19.0 Å². The Kier molecular flexibility index (Phi) is 5.72. The number of aliphatic hydroxyl groups excluding tert-OH is 1. The van der Waals surface area contributed by atoms with Gasteiger partial charge in [-0.25, -0.2) is 0 Å². The molecule has 128 valence electrons. The van der Waals surface area contributed by atoms with Crippen LogP contribution < -0.4 is 0 Å². The Hall–Kier alpha value is -1.61. The van der Waals surface area contributed by atoms with Crippen LogP contribution in [0.1, 0.15) is 10.6 Å². The minimum atomic E-state index is -0.550. The molecule has 0 unspecified atom stereocenters. The molecular weight excluding hydrogens is 346 g/mol. The summed E-state index contributed by atoms with van der Waals surface area (Å²) in [5, 5.41) is 21.2. The number of nitrogens with zero attached hydrogens (tertiary/aromatic N) is 3. The van der Waals surface area contributed by atoms with Gasteiger partial charge in [-0.15, -0.1) is 21.5 Å². The Bertz CT molecular complexity index is 767.